The molecule has 1 saturated heterocycles. The fourth-order valence-electron chi connectivity index (χ4n) is 2.94. The molecule has 0 saturated carbocycles. The van der Waals surface area contributed by atoms with E-state index in [0.29, 0.717) is 31.2 Å². The topological polar surface area (TPSA) is 99.0 Å². The van der Waals surface area contributed by atoms with Gasteiger partial charge in [0, 0.05) is 19.1 Å². The molecule has 2 aromatic rings. The summed E-state index contributed by atoms with van der Waals surface area (Å²) in [6.45, 7) is 5.34. The first-order valence-corrected chi connectivity index (χ1v) is 9.98. The number of nitriles is 1. The third-order valence-corrected chi connectivity index (χ3v) is 5.99. The third-order valence-electron chi connectivity index (χ3n) is 4.46. The number of hydrogen-bond donors (Lipinski definition) is 1. The molecule has 0 unspecified atom stereocenters. The lowest BCUT2D eigenvalue weighted by Crippen LogP contribution is -2.37. The molecule has 7 nitrogen and oxygen atoms in total. The summed E-state index contributed by atoms with van der Waals surface area (Å²) in [7, 11) is -3.56. The van der Waals surface area contributed by atoms with Gasteiger partial charge in [0.05, 0.1) is 4.90 Å². The summed E-state index contributed by atoms with van der Waals surface area (Å²) < 4.78 is 28.0. The number of rotatable bonds is 5. The molecule has 0 spiro atoms. The zero-order valence-electron chi connectivity index (χ0n) is 14.8. The molecule has 136 valence electrons. The van der Waals surface area contributed by atoms with Crippen molar-refractivity contribution in [3.63, 3.8) is 0 Å². The quantitative estimate of drug-likeness (QED) is 0.863. The van der Waals surface area contributed by atoms with Crippen LogP contribution in [0.1, 0.15) is 37.4 Å². The summed E-state index contributed by atoms with van der Waals surface area (Å²) in [5, 5.41) is 16.6. The van der Waals surface area contributed by atoms with Crippen molar-refractivity contribution in [2.24, 2.45) is 0 Å². The zero-order valence-corrected chi connectivity index (χ0v) is 15.6. The van der Waals surface area contributed by atoms with Gasteiger partial charge in [-0.15, -0.1) is 10.2 Å². The van der Waals surface area contributed by atoms with E-state index in [2.05, 4.69) is 28.8 Å². The minimum Gasteiger partial charge on any atom is -0.353 e. The van der Waals surface area contributed by atoms with Crippen LogP contribution in [0, 0.1) is 11.3 Å². The maximum absolute atomic E-state index is 12.6. The Kier molecular flexibility index (Phi) is 5.20. The van der Waals surface area contributed by atoms with Crippen molar-refractivity contribution < 1.29 is 8.42 Å². The first-order chi connectivity index (χ1) is 12.4. The van der Waals surface area contributed by atoms with Crippen molar-refractivity contribution in [2.75, 3.05) is 18.0 Å². The molecule has 1 fully saturated rings. The van der Waals surface area contributed by atoms with Crippen LogP contribution in [0.15, 0.2) is 41.3 Å². The van der Waals surface area contributed by atoms with Gasteiger partial charge in [-0.1, -0.05) is 26.0 Å². The highest BCUT2D eigenvalue weighted by atomic mass is 32.2. The van der Waals surface area contributed by atoms with E-state index in [-0.39, 0.29) is 16.6 Å². The van der Waals surface area contributed by atoms with Crippen LogP contribution in [0.5, 0.6) is 0 Å². The number of sulfonamides is 1. The predicted molar refractivity (Wildman–Crippen MR) is 98.2 cm³/mol. The maximum Gasteiger partial charge on any atom is 0.240 e. The first kappa shape index (κ1) is 18.3. The molecule has 1 aromatic heterocycles. The molecule has 2 heterocycles. The molecular formula is C18H21N5O2S. The maximum atomic E-state index is 12.6. The highest BCUT2D eigenvalue weighted by molar-refractivity contribution is 7.89. The molecule has 1 aliphatic rings. The number of benzene rings is 1. The fraction of sp³-hybridized carbons (Fsp3) is 0.389. The Morgan fingerprint density at radius 2 is 1.92 bits per heavy atom. The van der Waals surface area contributed by atoms with Gasteiger partial charge in [0.15, 0.2) is 11.5 Å². The molecule has 3 rings (SSSR count). The second kappa shape index (κ2) is 7.40. The Hall–Kier alpha value is -2.50. The summed E-state index contributed by atoms with van der Waals surface area (Å²) in [5.41, 5.74) is 1.37. The predicted octanol–water partition coefficient (Wildman–Crippen LogP) is 2.03. The van der Waals surface area contributed by atoms with Gasteiger partial charge >= 0.3 is 0 Å². The molecule has 1 atom stereocenters. The summed E-state index contributed by atoms with van der Waals surface area (Å²) >= 11 is 0. The SMILES string of the molecule is CC(C)c1ccc(S(=O)(=O)N[C@H]2CCN(c3ccc(C#N)nn3)C2)cc1. The smallest absolute Gasteiger partial charge is 0.240 e. The Labute approximate surface area is 153 Å². The molecular weight excluding hydrogens is 350 g/mol. The third kappa shape index (κ3) is 4.00. The molecule has 1 aromatic carbocycles. The second-order valence-electron chi connectivity index (χ2n) is 6.67. The minimum absolute atomic E-state index is 0.192. The molecule has 0 amide bonds. The van der Waals surface area contributed by atoms with Crippen molar-refractivity contribution in [2.45, 2.75) is 37.1 Å². The van der Waals surface area contributed by atoms with Crippen LogP contribution in [0.4, 0.5) is 5.82 Å². The van der Waals surface area contributed by atoms with E-state index < -0.39 is 10.0 Å². The van der Waals surface area contributed by atoms with Gasteiger partial charge in [-0.3, -0.25) is 0 Å². The Bertz CT molecular complexity index is 902. The molecule has 1 N–H and O–H groups in total. The van der Waals surface area contributed by atoms with Crippen molar-refractivity contribution >= 4 is 15.8 Å². The van der Waals surface area contributed by atoms with Gasteiger partial charge in [-0.2, -0.15) is 5.26 Å². The lowest BCUT2D eigenvalue weighted by molar-refractivity contribution is 0.561. The van der Waals surface area contributed by atoms with Crippen LogP contribution >= 0.6 is 0 Å². The average Bonchev–Trinajstić information content (AvgIpc) is 3.09. The van der Waals surface area contributed by atoms with E-state index in [1.807, 2.05) is 23.1 Å². The minimum atomic E-state index is -3.56. The first-order valence-electron chi connectivity index (χ1n) is 8.50. The van der Waals surface area contributed by atoms with Gasteiger partial charge in [0.25, 0.3) is 0 Å². The number of nitrogens with one attached hydrogen (secondary N) is 1. The van der Waals surface area contributed by atoms with Crippen molar-refractivity contribution in [3.05, 3.63) is 47.7 Å². The molecule has 26 heavy (non-hydrogen) atoms. The van der Waals surface area contributed by atoms with Crippen LogP contribution in [-0.2, 0) is 10.0 Å². The second-order valence-corrected chi connectivity index (χ2v) is 8.38. The Morgan fingerprint density at radius 3 is 2.50 bits per heavy atom. The van der Waals surface area contributed by atoms with Gasteiger partial charge < -0.3 is 4.90 Å². The van der Waals surface area contributed by atoms with E-state index in [1.165, 1.54) is 0 Å². The van der Waals surface area contributed by atoms with E-state index in [1.54, 1.807) is 24.3 Å². The van der Waals surface area contributed by atoms with E-state index >= 15 is 0 Å². The zero-order chi connectivity index (χ0) is 18.7. The summed E-state index contributed by atoms with van der Waals surface area (Å²) in [4.78, 5) is 2.24. The van der Waals surface area contributed by atoms with Gasteiger partial charge in [0.1, 0.15) is 6.07 Å². The largest absolute Gasteiger partial charge is 0.353 e. The highest BCUT2D eigenvalue weighted by Gasteiger charge is 2.28. The number of anilines is 1. The summed E-state index contributed by atoms with van der Waals surface area (Å²) in [5.74, 6) is 1.00. The molecule has 8 heteroatoms. The van der Waals surface area contributed by atoms with Crippen molar-refractivity contribution in [1.29, 1.82) is 5.26 Å². The van der Waals surface area contributed by atoms with Crippen LogP contribution in [-0.4, -0.2) is 37.7 Å². The van der Waals surface area contributed by atoms with E-state index in [0.717, 1.165) is 5.56 Å². The number of aromatic nitrogens is 2. The van der Waals surface area contributed by atoms with E-state index in [4.69, 9.17) is 5.26 Å². The van der Waals surface area contributed by atoms with Crippen LogP contribution in [0.2, 0.25) is 0 Å². The Morgan fingerprint density at radius 1 is 1.19 bits per heavy atom. The van der Waals surface area contributed by atoms with E-state index in [9.17, 15) is 8.42 Å². The molecule has 0 bridgehead atoms. The van der Waals surface area contributed by atoms with Gasteiger partial charge in [0.2, 0.25) is 10.0 Å². The Balaban J connectivity index is 1.66. The highest BCUT2D eigenvalue weighted by Crippen LogP contribution is 2.21. The monoisotopic (exact) mass is 371 g/mol. The van der Waals surface area contributed by atoms with Gasteiger partial charge in [-0.05, 0) is 42.2 Å². The molecule has 0 radical (unpaired) electrons. The van der Waals surface area contributed by atoms with Gasteiger partial charge in [-0.25, -0.2) is 13.1 Å². The lowest BCUT2D eigenvalue weighted by Gasteiger charge is -2.17. The lowest BCUT2D eigenvalue weighted by atomic mass is 10.0. The van der Waals surface area contributed by atoms with Crippen LogP contribution in [0.25, 0.3) is 0 Å². The average molecular weight is 371 g/mol. The van der Waals surface area contributed by atoms with Crippen LogP contribution in [0.3, 0.4) is 0 Å². The van der Waals surface area contributed by atoms with Crippen molar-refractivity contribution in [3.8, 4) is 6.07 Å². The molecule has 0 aliphatic carbocycles. The standard InChI is InChI=1S/C18H21N5O2S/c1-13(2)14-3-6-17(7-4-14)26(24,25)22-16-9-10-23(12-16)18-8-5-15(11-19)20-21-18/h3-8,13,16,22H,9-10,12H2,1-2H3/t16-/m0/s1. The number of nitrogens with zero attached hydrogens (tertiary/aromatic N) is 4. The number of hydrogen-bond acceptors (Lipinski definition) is 6. The molecule has 1 aliphatic heterocycles. The van der Waals surface area contributed by atoms with Crippen LogP contribution < -0.4 is 9.62 Å². The normalized spacial score (nSPS) is 17.5. The summed E-state index contributed by atoms with van der Waals surface area (Å²) in [6.07, 6.45) is 0.686. The van der Waals surface area contributed by atoms with Crippen molar-refractivity contribution in [1.82, 2.24) is 14.9 Å². The summed E-state index contributed by atoms with van der Waals surface area (Å²) in [6, 6.07) is 12.1. The fourth-order valence-corrected chi connectivity index (χ4v) is 4.20.